The molecule has 0 spiro atoms. The first-order valence-electron chi connectivity index (χ1n) is 10.6. The Morgan fingerprint density at radius 3 is 2.88 bits per heavy atom. The number of carbonyl (C=O) groups is 1. The van der Waals surface area contributed by atoms with Gasteiger partial charge in [-0.1, -0.05) is 12.1 Å². The van der Waals surface area contributed by atoms with Crippen molar-refractivity contribution in [3.63, 3.8) is 0 Å². The van der Waals surface area contributed by atoms with E-state index < -0.39 is 17.6 Å². The van der Waals surface area contributed by atoms with Crippen LogP contribution in [0.3, 0.4) is 0 Å². The van der Waals surface area contributed by atoms with Gasteiger partial charge in [0.15, 0.2) is 5.82 Å². The summed E-state index contributed by atoms with van der Waals surface area (Å²) in [7, 11) is 0. The highest BCUT2D eigenvalue weighted by Crippen LogP contribution is 2.32. The number of hydroxylamine groups is 1. The lowest BCUT2D eigenvalue weighted by molar-refractivity contribution is -0.113. The minimum atomic E-state index is -0.940. The average Bonchev–Trinajstić information content (AvgIpc) is 3.25. The Bertz CT molecular complexity index is 1070. The van der Waals surface area contributed by atoms with Gasteiger partial charge in [-0.05, 0) is 31.4 Å². The van der Waals surface area contributed by atoms with E-state index in [1.54, 1.807) is 24.3 Å². The van der Waals surface area contributed by atoms with Gasteiger partial charge in [-0.2, -0.15) is 10.2 Å². The number of hydrogen-bond donors (Lipinski definition) is 4. The fraction of sp³-hybridized carbons (Fsp3) is 0.455. The van der Waals surface area contributed by atoms with Crippen LogP contribution in [0.1, 0.15) is 41.6 Å². The molecule has 1 amide bonds. The van der Waals surface area contributed by atoms with Crippen molar-refractivity contribution in [2.45, 2.75) is 43.5 Å². The standard InChI is InChI=1S/C22H25N5O6/c23-9-13-3-1-4-14(7-13)19-25-18(24)17(20(29)27-32-12-22(30)5-2-6-22)21(26-19)33-16-8-15(10-28)31-11-16/h1,3-4,7,15-16,28,30H,2,5-6,8,10-12H2,(H,27,29)(H2,24,25,26)/t15-,16+/m1/s1. The predicted octanol–water partition coefficient (Wildman–Crippen LogP) is 0.702. The molecule has 1 saturated carbocycles. The molecule has 11 nitrogen and oxygen atoms in total. The first kappa shape index (κ1) is 22.9. The normalized spacial score (nSPS) is 21.1. The zero-order valence-corrected chi connectivity index (χ0v) is 17.9. The van der Waals surface area contributed by atoms with Gasteiger partial charge in [-0.25, -0.2) is 10.5 Å². The number of aromatic nitrogens is 2. The van der Waals surface area contributed by atoms with Crippen LogP contribution in [0.15, 0.2) is 24.3 Å². The van der Waals surface area contributed by atoms with E-state index in [0.29, 0.717) is 30.4 Å². The Kier molecular flexibility index (Phi) is 6.71. The van der Waals surface area contributed by atoms with Gasteiger partial charge in [0.05, 0.1) is 36.6 Å². The number of nitrogens with two attached hydrogens (primary N) is 1. The summed E-state index contributed by atoms with van der Waals surface area (Å²) in [5.41, 5.74) is 8.27. The Hall–Kier alpha value is -3.30. The topological polar surface area (TPSA) is 173 Å². The number of nitriles is 1. The van der Waals surface area contributed by atoms with E-state index in [9.17, 15) is 20.3 Å². The van der Waals surface area contributed by atoms with Crippen molar-refractivity contribution in [2.75, 3.05) is 25.6 Å². The van der Waals surface area contributed by atoms with E-state index in [2.05, 4.69) is 21.5 Å². The highest BCUT2D eigenvalue weighted by molar-refractivity contribution is 6.00. The number of ether oxygens (including phenoxy) is 2. The lowest BCUT2D eigenvalue weighted by Gasteiger charge is -2.35. The van der Waals surface area contributed by atoms with E-state index in [-0.39, 0.29) is 49.0 Å². The van der Waals surface area contributed by atoms with Gasteiger partial charge in [-0.15, -0.1) is 0 Å². The molecule has 4 rings (SSSR count). The number of rotatable bonds is 8. The lowest BCUT2D eigenvalue weighted by Crippen LogP contribution is -2.44. The van der Waals surface area contributed by atoms with E-state index in [0.717, 1.165) is 6.42 Å². The van der Waals surface area contributed by atoms with E-state index >= 15 is 0 Å². The maximum absolute atomic E-state index is 12.8. The summed E-state index contributed by atoms with van der Waals surface area (Å²) < 4.78 is 11.4. The van der Waals surface area contributed by atoms with Crippen LogP contribution in [0, 0.1) is 11.3 Å². The summed E-state index contributed by atoms with van der Waals surface area (Å²) in [5, 5.41) is 28.6. The van der Waals surface area contributed by atoms with E-state index in [1.165, 1.54) is 0 Å². The second-order valence-electron chi connectivity index (χ2n) is 8.22. The molecule has 1 aromatic carbocycles. The Morgan fingerprint density at radius 1 is 1.39 bits per heavy atom. The third-order valence-corrected chi connectivity index (χ3v) is 5.70. The summed E-state index contributed by atoms with van der Waals surface area (Å²) in [6.07, 6.45) is 1.69. The third-order valence-electron chi connectivity index (χ3n) is 5.70. The summed E-state index contributed by atoms with van der Waals surface area (Å²) in [5.74, 6) is -0.757. The Morgan fingerprint density at radius 2 is 2.21 bits per heavy atom. The molecular weight excluding hydrogens is 430 g/mol. The van der Waals surface area contributed by atoms with Gasteiger partial charge in [0, 0.05) is 12.0 Å². The van der Waals surface area contributed by atoms with Crippen molar-refractivity contribution in [3.05, 3.63) is 35.4 Å². The number of amides is 1. The Labute approximate surface area is 190 Å². The van der Waals surface area contributed by atoms with Gasteiger partial charge >= 0.3 is 0 Å². The van der Waals surface area contributed by atoms with Gasteiger partial charge in [-0.3, -0.25) is 9.63 Å². The number of aliphatic hydroxyl groups excluding tert-OH is 1. The summed E-state index contributed by atoms with van der Waals surface area (Å²) in [4.78, 5) is 26.7. The zero-order chi connectivity index (χ0) is 23.4. The van der Waals surface area contributed by atoms with E-state index in [1.807, 2.05) is 0 Å². The van der Waals surface area contributed by atoms with Crippen LogP contribution < -0.4 is 16.0 Å². The first-order valence-corrected chi connectivity index (χ1v) is 10.6. The van der Waals surface area contributed by atoms with Gasteiger partial charge < -0.3 is 25.4 Å². The van der Waals surface area contributed by atoms with Gasteiger partial charge in [0.1, 0.15) is 24.1 Å². The molecule has 2 atom stereocenters. The second-order valence-corrected chi connectivity index (χ2v) is 8.22. The van der Waals surface area contributed by atoms with Gasteiger partial charge in [0.2, 0.25) is 5.88 Å². The number of carbonyl (C=O) groups excluding carboxylic acids is 1. The monoisotopic (exact) mass is 455 g/mol. The Balaban J connectivity index is 1.60. The minimum absolute atomic E-state index is 0.0522. The maximum atomic E-state index is 12.8. The van der Waals surface area contributed by atoms with Crippen molar-refractivity contribution in [1.29, 1.82) is 5.26 Å². The average molecular weight is 455 g/mol. The third kappa shape index (κ3) is 5.20. The highest BCUT2D eigenvalue weighted by atomic mass is 16.7. The number of nitrogen functional groups attached to an aromatic ring is 1. The molecular formula is C22H25N5O6. The molecule has 33 heavy (non-hydrogen) atoms. The fourth-order valence-corrected chi connectivity index (χ4v) is 3.67. The first-order chi connectivity index (χ1) is 15.9. The van der Waals surface area contributed by atoms with E-state index in [4.69, 9.17) is 20.0 Å². The zero-order valence-electron chi connectivity index (χ0n) is 17.9. The SMILES string of the molecule is N#Cc1cccc(-c2nc(N)c(C(=O)NOCC3(O)CCC3)c(O[C@@H]3CO[C@@H](CO)C3)n2)c1. The van der Waals surface area contributed by atoms with Crippen molar-refractivity contribution in [2.24, 2.45) is 0 Å². The summed E-state index contributed by atoms with van der Waals surface area (Å²) >= 11 is 0. The molecule has 1 saturated heterocycles. The molecule has 2 heterocycles. The molecule has 5 N–H and O–H groups in total. The summed E-state index contributed by atoms with van der Waals surface area (Å²) in [6, 6.07) is 8.69. The van der Waals surface area contributed by atoms with Crippen molar-refractivity contribution in [1.82, 2.24) is 15.4 Å². The lowest BCUT2D eigenvalue weighted by atomic mass is 9.81. The largest absolute Gasteiger partial charge is 0.471 e. The molecule has 11 heteroatoms. The van der Waals surface area contributed by atoms with Crippen LogP contribution in [0.2, 0.25) is 0 Å². The quantitative estimate of drug-likeness (QED) is 0.415. The molecule has 1 aliphatic heterocycles. The molecule has 2 aliphatic rings. The maximum Gasteiger partial charge on any atom is 0.284 e. The number of benzene rings is 1. The van der Waals surface area contributed by atoms with Crippen molar-refractivity contribution in [3.8, 4) is 23.3 Å². The fourth-order valence-electron chi connectivity index (χ4n) is 3.67. The van der Waals surface area contributed by atoms with Crippen LogP contribution in [-0.2, 0) is 9.57 Å². The van der Waals surface area contributed by atoms with Crippen LogP contribution in [0.5, 0.6) is 5.88 Å². The number of aliphatic hydroxyl groups is 2. The van der Waals surface area contributed by atoms with Crippen LogP contribution in [0.25, 0.3) is 11.4 Å². The smallest absolute Gasteiger partial charge is 0.284 e. The molecule has 0 radical (unpaired) electrons. The van der Waals surface area contributed by atoms with Crippen LogP contribution in [-0.4, -0.2) is 63.7 Å². The molecule has 174 valence electrons. The molecule has 0 bridgehead atoms. The number of anilines is 1. The number of nitrogens with one attached hydrogen (secondary N) is 1. The van der Waals surface area contributed by atoms with Crippen LogP contribution >= 0.6 is 0 Å². The highest BCUT2D eigenvalue weighted by Gasteiger charge is 2.35. The second kappa shape index (κ2) is 9.68. The van der Waals surface area contributed by atoms with Gasteiger partial charge in [0.25, 0.3) is 5.91 Å². The molecule has 1 aromatic heterocycles. The summed E-state index contributed by atoms with van der Waals surface area (Å²) in [6.45, 7) is 0.00438. The molecule has 2 fully saturated rings. The number of nitrogens with zero attached hydrogens (tertiary/aromatic N) is 3. The minimum Gasteiger partial charge on any atom is -0.471 e. The molecule has 2 aromatic rings. The van der Waals surface area contributed by atoms with Crippen molar-refractivity contribution >= 4 is 11.7 Å². The predicted molar refractivity (Wildman–Crippen MR) is 115 cm³/mol. The molecule has 0 unspecified atom stereocenters. The molecule has 1 aliphatic carbocycles. The van der Waals surface area contributed by atoms with Crippen molar-refractivity contribution < 1.29 is 29.3 Å². The van der Waals surface area contributed by atoms with Crippen LogP contribution in [0.4, 0.5) is 5.82 Å². The number of hydrogen-bond acceptors (Lipinski definition) is 10.